The minimum absolute atomic E-state index is 0.00493. The first-order valence-corrected chi connectivity index (χ1v) is 15.9. The second-order valence-corrected chi connectivity index (χ2v) is 12.9. The zero-order valence-electron chi connectivity index (χ0n) is 27.8. The van der Waals surface area contributed by atoms with Gasteiger partial charge in [0.1, 0.15) is 22.8 Å². The maximum Gasteiger partial charge on any atom is 0.271 e. The fourth-order valence-corrected chi connectivity index (χ4v) is 7.02. The van der Waals surface area contributed by atoms with Gasteiger partial charge in [-0.05, 0) is 46.1 Å². The van der Waals surface area contributed by atoms with Gasteiger partial charge in [-0.25, -0.2) is 5.43 Å². The molecule has 13 heteroatoms. The molecule has 3 aromatic rings. The van der Waals surface area contributed by atoms with Crippen LogP contribution in [0.1, 0.15) is 86.1 Å². The number of methoxy groups -OCH3 is 1. The van der Waals surface area contributed by atoms with Crippen molar-refractivity contribution in [1.29, 1.82) is 0 Å². The number of aliphatic hydroxyl groups is 2. The van der Waals surface area contributed by atoms with Crippen molar-refractivity contribution in [2.45, 2.75) is 69.4 Å². The van der Waals surface area contributed by atoms with E-state index in [0.29, 0.717) is 5.56 Å². The van der Waals surface area contributed by atoms with Gasteiger partial charge in [-0.2, -0.15) is 5.10 Å². The van der Waals surface area contributed by atoms with Crippen LogP contribution in [0.25, 0.3) is 0 Å². The van der Waals surface area contributed by atoms with Gasteiger partial charge in [-0.3, -0.25) is 14.4 Å². The molecule has 6 rings (SSSR count). The number of carbonyl (C=O) groups is 3. The van der Waals surface area contributed by atoms with Gasteiger partial charge in [0.05, 0.1) is 47.8 Å². The third-order valence-corrected chi connectivity index (χ3v) is 9.77. The average molecular weight is 674 g/mol. The summed E-state index contributed by atoms with van der Waals surface area (Å²) in [4.78, 5) is 42.4. The zero-order chi connectivity index (χ0) is 35.4. The average Bonchev–Trinajstić information content (AvgIpc) is 3.08. The number of nitrogens with one attached hydrogen (secondary N) is 1. The summed E-state index contributed by atoms with van der Waals surface area (Å²) in [5.41, 5.74) is 0.0860. The molecule has 3 aromatic carbocycles. The molecule has 1 saturated heterocycles. The molecule has 1 aliphatic heterocycles. The number of phenolic OH excluding ortho intramolecular Hbond substituents is 2. The fourth-order valence-electron chi connectivity index (χ4n) is 7.02. The normalized spacial score (nSPS) is 26.5. The Hall–Kier alpha value is -4.66. The summed E-state index contributed by atoms with van der Waals surface area (Å²) in [6, 6.07) is 12.5. The van der Waals surface area contributed by atoms with E-state index in [2.05, 4.69) is 10.5 Å². The van der Waals surface area contributed by atoms with Crippen molar-refractivity contribution in [2.24, 2.45) is 5.10 Å². The van der Waals surface area contributed by atoms with Crippen LogP contribution in [-0.4, -0.2) is 99.9 Å². The maximum atomic E-state index is 14.0. The van der Waals surface area contributed by atoms with Gasteiger partial charge in [-0.1, -0.05) is 30.3 Å². The molecule has 49 heavy (non-hydrogen) atoms. The molecule has 0 saturated carbocycles. The van der Waals surface area contributed by atoms with E-state index in [-0.39, 0.29) is 59.0 Å². The van der Waals surface area contributed by atoms with E-state index >= 15 is 0 Å². The Labute approximate surface area is 282 Å². The van der Waals surface area contributed by atoms with Crippen molar-refractivity contribution >= 4 is 23.2 Å². The Balaban J connectivity index is 1.46. The number of hydrogen-bond acceptors (Lipinski definition) is 12. The minimum Gasteiger partial charge on any atom is -0.507 e. The molecule has 6 atom stereocenters. The highest BCUT2D eigenvalue weighted by Gasteiger charge is 2.49. The number of fused-ring (bicyclic) bond motifs is 3. The molecule has 0 bridgehead atoms. The summed E-state index contributed by atoms with van der Waals surface area (Å²) in [5, 5.41) is 50.7. The van der Waals surface area contributed by atoms with Gasteiger partial charge in [0, 0.05) is 47.6 Å². The molecular weight excluding hydrogens is 634 g/mol. The van der Waals surface area contributed by atoms with Gasteiger partial charge >= 0.3 is 0 Å². The van der Waals surface area contributed by atoms with Crippen molar-refractivity contribution in [1.82, 2.24) is 10.3 Å². The predicted molar refractivity (Wildman–Crippen MR) is 176 cm³/mol. The molecule has 0 aromatic heterocycles. The number of hydrazone groups is 1. The van der Waals surface area contributed by atoms with Crippen LogP contribution in [0, 0.1) is 0 Å². The van der Waals surface area contributed by atoms with E-state index in [9.17, 15) is 34.8 Å². The molecule has 1 heterocycles. The number of ether oxygens (including phenoxy) is 3. The van der Waals surface area contributed by atoms with Crippen LogP contribution in [-0.2, 0) is 15.9 Å². The fraction of sp³-hybridized carbons (Fsp3) is 0.389. The van der Waals surface area contributed by atoms with E-state index in [1.54, 1.807) is 43.3 Å². The topological polar surface area (TPSA) is 187 Å². The van der Waals surface area contributed by atoms with Crippen molar-refractivity contribution in [2.75, 3.05) is 21.2 Å². The SMILES string of the molecule is COc1cccc2c1C(=O)c1c(O)c3c(c(O)c1C2=O)CC(O)(/C(C)=N/NC(=O)c1ccccc1)CC3OC1CC(N(C)C)C(O)C(C)O1. The molecular formula is C36H39N3O10. The number of aromatic hydroxyl groups is 2. The van der Waals surface area contributed by atoms with E-state index in [0.717, 1.165) is 0 Å². The Morgan fingerprint density at radius 1 is 1.02 bits per heavy atom. The highest BCUT2D eigenvalue weighted by molar-refractivity contribution is 6.31. The Bertz CT molecular complexity index is 1860. The number of aliphatic hydroxyl groups excluding tert-OH is 1. The smallest absolute Gasteiger partial charge is 0.271 e. The van der Waals surface area contributed by atoms with Crippen LogP contribution in [0.2, 0.25) is 0 Å². The molecule has 1 fully saturated rings. The lowest BCUT2D eigenvalue weighted by Crippen LogP contribution is -2.54. The number of ketones is 2. The van der Waals surface area contributed by atoms with Crippen LogP contribution < -0.4 is 10.2 Å². The number of likely N-dealkylation sites (N-methyl/N-ethyl adjacent to an activating group) is 1. The van der Waals surface area contributed by atoms with Gasteiger partial charge < -0.3 is 39.5 Å². The van der Waals surface area contributed by atoms with Crippen molar-refractivity contribution in [3.63, 3.8) is 0 Å². The number of amides is 1. The molecule has 2 aliphatic carbocycles. The van der Waals surface area contributed by atoms with Crippen LogP contribution in [0.15, 0.2) is 53.6 Å². The highest BCUT2D eigenvalue weighted by Crippen LogP contribution is 2.52. The first kappa shape index (κ1) is 34.2. The monoisotopic (exact) mass is 673 g/mol. The van der Waals surface area contributed by atoms with Gasteiger partial charge in [0.2, 0.25) is 5.78 Å². The molecule has 258 valence electrons. The summed E-state index contributed by atoms with van der Waals surface area (Å²) in [5.74, 6) is -3.00. The first-order valence-electron chi connectivity index (χ1n) is 15.9. The lowest BCUT2D eigenvalue weighted by Gasteiger charge is -2.44. The number of nitrogens with zero attached hydrogens (tertiary/aromatic N) is 2. The summed E-state index contributed by atoms with van der Waals surface area (Å²) in [7, 11) is 4.98. The van der Waals surface area contributed by atoms with Crippen molar-refractivity contribution in [3.05, 3.63) is 87.5 Å². The van der Waals surface area contributed by atoms with Crippen LogP contribution in [0.3, 0.4) is 0 Å². The summed E-state index contributed by atoms with van der Waals surface area (Å²) in [6.07, 6.45) is -4.00. The quantitative estimate of drug-likeness (QED) is 0.110. The second kappa shape index (κ2) is 13.0. The van der Waals surface area contributed by atoms with E-state index in [4.69, 9.17) is 14.2 Å². The number of benzene rings is 3. The molecule has 0 spiro atoms. The Kier molecular flexibility index (Phi) is 9.07. The standard InChI is InChI=1S/C36H39N3O10/c1-17-30(40)22(39(3)4)14-25(48-17)49-24-16-36(46,18(2)37-38-35(45)19-10-7-6-8-11-19)15-21-27(24)34(44)29-28(32(21)42)31(41)20-12-9-13-23(47-5)26(20)33(29)43/h6-13,17,22,24-25,30,40,42,44,46H,14-16H2,1-5H3,(H,38,45)/b37-18+. The molecule has 3 aliphatic rings. The second-order valence-electron chi connectivity index (χ2n) is 12.9. The van der Waals surface area contributed by atoms with Crippen LogP contribution in [0.4, 0.5) is 0 Å². The highest BCUT2D eigenvalue weighted by atomic mass is 16.7. The van der Waals surface area contributed by atoms with Gasteiger partial charge in [0.25, 0.3) is 5.91 Å². The molecule has 13 nitrogen and oxygen atoms in total. The third-order valence-electron chi connectivity index (χ3n) is 9.77. The van der Waals surface area contributed by atoms with Crippen LogP contribution in [0.5, 0.6) is 17.2 Å². The predicted octanol–water partition coefficient (Wildman–Crippen LogP) is 2.85. The summed E-state index contributed by atoms with van der Waals surface area (Å²) < 4.78 is 17.8. The first-order chi connectivity index (χ1) is 23.3. The maximum absolute atomic E-state index is 14.0. The number of hydrogen-bond donors (Lipinski definition) is 5. The Morgan fingerprint density at radius 3 is 2.39 bits per heavy atom. The van der Waals surface area contributed by atoms with Crippen LogP contribution >= 0.6 is 0 Å². The summed E-state index contributed by atoms with van der Waals surface area (Å²) >= 11 is 0. The molecule has 6 unspecified atom stereocenters. The molecule has 0 radical (unpaired) electrons. The lowest BCUT2D eigenvalue weighted by molar-refractivity contribution is -0.255. The molecule has 1 amide bonds. The Morgan fingerprint density at radius 2 is 1.71 bits per heavy atom. The molecule has 5 N–H and O–H groups in total. The third kappa shape index (κ3) is 5.87. The number of phenols is 2. The van der Waals surface area contributed by atoms with E-state index in [1.807, 2.05) is 19.0 Å². The number of carbonyl (C=O) groups excluding carboxylic acids is 3. The largest absolute Gasteiger partial charge is 0.507 e. The van der Waals surface area contributed by atoms with E-state index in [1.165, 1.54) is 26.2 Å². The minimum atomic E-state index is -1.87. The van der Waals surface area contributed by atoms with Crippen molar-refractivity contribution < 1.29 is 49.0 Å². The van der Waals surface area contributed by atoms with E-state index < -0.39 is 70.3 Å². The summed E-state index contributed by atoms with van der Waals surface area (Å²) in [6.45, 7) is 3.19. The zero-order valence-corrected chi connectivity index (χ0v) is 27.8. The number of rotatable bonds is 7. The van der Waals surface area contributed by atoms with Gasteiger partial charge in [0.15, 0.2) is 12.1 Å². The lowest BCUT2D eigenvalue weighted by atomic mass is 9.71. The van der Waals surface area contributed by atoms with Crippen molar-refractivity contribution in [3.8, 4) is 17.2 Å². The van der Waals surface area contributed by atoms with Gasteiger partial charge in [-0.15, -0.1) is 0 Å².